The van der Waals surface area contributed by atoms with E-state index in [0.29, 0.717) is 0 Å². The molecule has 3 rings (SSSR count). The monoisotopic (exact) mass is 616 g/mol. The molecule has 1 aliphatic heterocycles. The lowest BCUT2D eigenvalue weighted by molar-refractivity contribution is -0.157. The van der Waals surface area contributed by atoms with Crippen LogP contribution in [-0.2, 0) is 25.5 Å². The number of carbonyl (C=O) groups is 4. The second kappa shape index (κ2) is 13.3. The zero-order chi connectivity index (χ0) is 32.3. The molecule has 3 amide bonds. The summed E-state index contributed by atoms with van der Waals surface area (Å²) < 4.78 is 76.0. The van der Waals surface area contributed by atoms with Gasteiger partial charge in [0.1, 0.15) is 23.9 Å². The first-order valence-corrected chi connectivity index (χ1v) is 13.0. The van der Waals surface area contributed by atoms with Crippen molar-refractivity contribution in [2.45, 2.75) is 64.4 Å². The Kier molecular flexibility index (Phi) is 10.3. The number of aromatic nitrogens is 1. The summed E-state index contributed by atoms with van der Waals surface area (Å²) in [6.45, 7) is 5.42. The number of pyridine rings is 1. The number of nitrogens with one attached hydrogen (secondary N) is 3. The largest absolute Gasteiger partial charge is 0.505 e. The molecule has 234 valence electrons. The Bertz CT molecular complexity index is 1400. The summed E-state index contributed by atoms with van der Waals surface area (Å²) in [7, 11) is 0. The molecular weight excluding hydrogens is 587 g/mol. The number of aliphatic hydroxyl groups excluding tert-OH is 1. The van der Waals surface area contributed by atoms with Crippen LogP contribution in [0.5, 0.6) is 5.75 Å². The fraction of sp³-hybridized carbons (Fsp3) is 0.444. The van der Waals surface area contributed by atoms with Gasteiger partial charge in [0.05, 0.1) is 18.1 Å². The number of cyclic esters (lactones) is 1. The van der Waals surface area contributed by atoms with Crippen molar-refractivity contribution < 1.29 is 56.1 Å². The van der Waals surface area contributed by atoms with Crippen molar-refractivity contribution >= 4 is 23.7 Å². The summed E-state index contributed by atoms with van der Waals surface area (Å²) in [4.78, 5) is 56.0. The molecule has 0 aliphatic carbocycles. The van der Waals surface area contributed by atoms with Crippen molar-refractivity contribution in [1.82, 2.24) is 20.9 Å². The molecule has 43 heavy (non-hydrogen) atoms. The third-order valence-corrected chi connectivity index (χ3v) is 6.95. The molecule has 0 radical (unpaired) electrons. The van der Waals surface area contributed by atoms with Gasteiger partial charge < -0.3 is 30.9 Å². The van der Waals surface area contributed by atoms with E-state index in [2.05, 4.69) is 20.9 Å². The van der Waals surface area contributed by atoms with E-state index >= 15 is 0 Å². The van der Waals surface area contributed by atoms with Gasteiger partial charge in [0.2, 0.25) is 17.6 Å². The van der Waals surface area contributed by atoms with Crippen LogP contribution >= 0.6 is 0 Å². The number of hydrogen-bond donors (Lipinski definition) is 5. The Balaban J connectivity index is 2.10. The SMILES string of the molecule is CC(C)C1NC(=O)[C@H](C)[C@H](O)[C@H](Cc2c(F)c(F)c(F)c(F)c2F)NC(=O)[C@@H](NC(=O)c2ncccc2O)[C@@H](C)OC1=O. The van der Waals surface area contributed by atoms with E-state index in [-0.39, 0.29) is 0 Å². The van der Waals surface area contributed by atoms with Crippen molar-refractivity contribution in [3.63, 3.8) is 0 Å². The molecule has 6 atom stereocenters. The van der Waals surface area contributed by atoms with Gasteiger partial charge in [0.25, 0.3) is 5.91 Å². The smallest absolute Gasteiger partial charge is 0.329 e. The quantitative estimate of drug-likeness (QED) is 0.146. The van der Waals surface area contributed by atoms with Crippen LogP contribution < -0.4 is 16.0 Å². The van der Waals surface area contributed by atoms with Crippen LogP contribution in [0.3, 0.4) is 0 Å². The van der Waals surface area contributed by atoms with E-state index in [1.54, 1.807) is 13.8 Å². The molecule has 0 saturated carbocycles. The maximum Gasteiger partial charge on any atom is 0.329 e. The number of carbonyl (C=O) groups excluding carboxylic acids is 4. The van der Waals surface area contributed by atoms with Gasteiger partial charge in [-0.1, -0.05) is 20.8 Å². The van der Waals surface area contributed by atoms with Crippen LogP contribution in [-0.4, -0.2) is 69.2 Å². The zero-order valence-corrected chi connectivity index (χ0v) is 23.3. The first-order chi connectivity index (χ1) is 20.1. The fourth-order valence-electron chi connectivity index (χ4n) is 4.37. The van der Waals surface area contributed by atoms with Crippen LogP contribution in [0.2, 0.25) is 0 Å². The van der Waals surface area contributed by atoms with E-state index in [1.165, 1.54) is 13.0 Å². The number of aliphatic hydroxyl groups is 1. The maximum absolute atomic E-state index is 14.6. The van der Waals surface area contributed by atoms with Gasteiger partial charge in [0.15, 0.2) is 29.0 Å². The minimum atomic E-state index is -2.43. The van der Waals surface area contributed by atoms with Gasteiger partial charge in [-0.15, -0.1) is 0 Å². The first kappa shape index (κ1) is 33.2. The van der Waals surface area contributed by atoms with E-state index < -0.39 is 118 Å². The van der Waals surface area contributed by atoms with E-state index in [4.69, 9.17) is 4.74 Å². The third kappa shape index (κ3) is 7.01. The molecule has 1 unspecified atom stereocenters. The van der Waals surface area contributed by atoms with Gasteiger partial charge in [-0.25, -0.2) is 31.7 Å². The summed E-state index contributed by atoms with van der Waals surface area (Å²) in [6, 6.07) is -2.59. The molecule has 1 fully saturated rings. The van der Waals surface area contributed by atoms with Gasteiger partial charge >= 0.3 is 5.97 Å². The van der Waals surface area contributed by atoms with Gasteiger partial charge in [0, 0.05) is 18.2 Å². The normalized spacial score (nSPS) is 25.2. The molecule has 0 bridgehead atoms. The lowest BCUT2D eigenvalue weighted by atomic mass is 9.90. The highest BCUT2D eigenvalue weighted by molar-refractivity contribution is 5.98. The minimum Gasteiger partial charge on any atom is -0.505 e. The highest BCUT2D eigenvalue weighted by atomic mass is 19.2. The molecule has 16 heteroatoms. The van der Waals surface area contributed by atoms with Crippen molar-refractivity contribution in [3.8, 4) is 5.75 Å². The molecule has 0 spiro atoms. The topological polar surface area (TPSA) is 167 Å². The van der Waals surface area contributed by atoms with E-state index in [1.807, 2.05) is 0 Å². The first-order valence-electron chi connectivity index (χ1n) is 13.0. The molecule has 2 heterocycles. The molecule has 2 aromatic rings. The van der Waals surface area contributed by atoms with Crippen molar-refractivity contribution in [2.24, 2.45) is 11.8 Å². The van der Waals surface area contributed by atoms with Crippen LogP contribution in [0.25, 0.3) is 0 Å². The highest BCUT2D eigenvalue weighted by Crippen LogP contribution is 2.26. The fourth-order valence-corrected chi connectivity index (χ4v) is 4.37. The Morgan fingerprint density at radius 3 is 2.14 bits per heavy atom. The number of esters is 1. The van der Waals surface area contributed by atoms with Crippen LogP contribution in [0, 0.1) is 40.9 Å². The van der Waals surface area contributed by atoms with Crippen LogP contribution in [0.1, 0.15) is 43.7 Å². The van der Waals surface area contributed by atoms with Crippen molar-refractivity contribution in [2.75, 3.05) is 0 Å². The molecule has 1 aromatic heterocycles. The summed E-state index contributed by atoms with van der Waals surface area (Å²) in [5.74, 6) is -18.4. The number of halogens is 5. The average molecular weight is 617 g/mol. The van der Waals surface area contributed by atoms with Gasteiger partial charge in [-0.2, -0.15) is 0 Å². The zero-order valence-electron chi connectivity index (χ0n) is 23.3. The molecule has 1 aromatic carbocycles. The summed E-state index contributed by atoms with van der Waals surface area (Å²) in [5.41, 5.74) is -1.92. The molecule has 1 aliphatic rings. The third-order valence-electron chi connectivity index (χ3n) is 6.95. The number of rotatable bonds is 5. The number of nitrogens with zero attached hydrogens (tertiary/aromatic N) is 1. The summed E-state index contributed by atoms with van der Waals surface area (Å²) >= 11 is 0. The number of hydrogen-bond acceptors (Lipinski definition) is 8. The Morgan fingerprint density at radius 2 is 1.58 bits per heavy atom. The Morgan fingerprint density at radius 1 is 1.00 bits per heavy atom. The molecule has 1 saturated heterocycles. The highest BCUT2D eigenvalue weighted by Gasteiger charge is 2.41. The lowest BCUT2D eigenvalue weighted by Crippen LogP contribution is -2.61. The minimum absolute atomic E-state index is 0.529. The Hall–Kier alpha value is -4.34. The van der Waals surface area contributed by atoms with Gasteiger partial charge in [-0.05, 0) is 25.0 Å². The Labute approximate surface area is 241 Å². The number of benzene rings is 1. The molecule has 5 N–H and O–H groups in total. The average Bonchev–Trinajstić information content (AvgIpc) is 2.96. The van der Waals surface area contributed by atoms with Gasteiger partial charge in [-0.3, -0.25) is 14.4 Å². The molecule has 11 nitrogen and oxygen atoms in total. The maximum atomic E-state index is 14.6. The second-order valence-corrected chi connectivity index (χ2v) is 10.3. The number of aromatic hydroxyl groups is 1. The molecular formula is C27H29F5N4O7. The van der Waals surface area contributed by atoms with Crippen LogP contribution in [0.15, 0.2) is 18.3 Å². The second-order valence-electron chi connectivity index (χ2n) is 10.3. The summed E-state index contributed by atoms with van der Waals surface area (Å²) in [6.07, 6.45) is -3.56. The predicted octanol–water partition coefficient (Wildman–Crippen LogP) is 1.39. The lowest BCUT2D eigenvalue weighted by Gasteiger charge is -2.34. The van der Waals surface area contributed by atoms with Crippen molar-refractivity contribution in [1.29, 1.82) is 0 Å². The summed E-state index contributed by atoms with van der Waals surface area (Å²) in [5, 5.41) is 27.8. The van der Waals surface area contributed by atoms with E-state index in [9.17, 15) is 51.3 Å². The number of amides is 3. The van der Waals surface area contributed by atoms with E-state index in [0.717, 1.165) is 19.2 Å². The standard InChI is InChI=1S/C27H29F5N4O7/c1-9(2)20-27(42)43-11(4)21(36-26(41)22-14(37)6-5-7-33-22)25(40)34-13(23(38)10(3)24(39)35-20)8-12-15(28)17(30)19(32)18(31)16(12)29/h5-7,9-11,13,20-21,23,37-38H,8H2,1-4H3,(H,34,40)(H,35,39)(H,36,41)/t10-,11-,13+,20?,21+,23+/m1/s1. The van der Waals surface area contributed by atoms with Crippen LogP contribution in [0.4, 0.5) is 22.0 Å². The van der Waals surface area contributed by atoms with Crippen molar-refractivity contribution in [3.05, 3.63) is 58.7 Å². The predicted molar refractivity (Wildman–Crippen MR) is 137 cm³/mol. The number of ether oxygens (including phenoxy) is 1.